The summed E-state index contributed by atoms with van der Waals surface area (Å²) in [6, 6.07) is 0. The second-order valence-electron chi connectivity index (χ2n) is 6.82. The summed E-state index contributed by atoms with van der Waals surface area (Å²) in [5.74, 6) is 0.871. The maximum Gasteiger partial charge on any atom is 0.0125 e. The molecule has 0 spiro atoms. The zero-order valence-electron chi connectivity index (χ0n) is 10.9. The van der Waals surface area contributed by atoms with Gasteiger partial charge < -0.3 is 0 Å². The molecule has 0 saturated carbocycles. The Morgan fingerprint density at radius 2 is 1.53 bits per heavy atom. The third-order valence-electron chi connectivity index (χ3n) is 3.59. The Morgan fingerprint density at radius 1 is 1.00 bits per heavy atom. The largest absolute Gasteiger partial charge is 0.298 e. The number of rotatable bonds is 0. The highest BCUT2D eigenvalue weighted by molar-refractivity contribution is 4.86. The lowest BCUT2D eigenvalue weighted by molar-refractivity contribution is 0.0388. The van der Waals surface area contributed by atoms with Gasteiger partial charge in [-0.1, -0.05) is 28.2 Å². The summed E-state index contributed by atoms with van der Waals surface area (Å²) in [6.07, 6.45) is 2.79. The fraction of sp³-hybridized carbons (Fsp3) is 1.00. The smallest absolute Gasteiger partial charge is 0.0125 e. The van der Waals surface area contributed by atoms with Crippen molar-refractivity contribution in [3.63, 3.8) is 0 Å². The van der Waals surface area contributed by atoms with Crippen LogP contribution in [-0.2, 0) is 0 Å². The maximum atomic E-state index is 2.65. The molecule has 1 rings (SSSR count). The van der Waals surface area contributed by atoms with E-state index in [9.17, 15) is 0 Å². The van der Waals surface area contributed by atoms with E-state index in [0.29, 0.717) is 11.0 Å². The van der Waals surface area contributed by atoms with Crippen LogP contribution in [0.15, 0.2) is 0 Å². The Kier molecular flexibility index (Phi) is 4.85. The van der Waals surface area contributed by atoms with Crippen LogP contribution in [0.2, 0.25) is 0 Å². The molecule has 0 N–H and O–H groups in total. The van der Waals surface area contributed by atoms with Gasteiger partial charge in [0.2, 0.25) is 0 Å². The lowest BCUT2D eigenvalue weighted by atomic mass is 9.75. The number of hydrogen-bond acceptors (Lipinski definition) is 1. The van der Waals surface area contributed by atoms with Crippen molar-refractivity contribution < 1.29 is 0 Å². The van der Waals surface area contributed by atoms with Crippen molar-refractivity contribution in [2.24, 2.45) is 11.3 Å². The van der Waals surface area contributed by atoms with Crippen molar-refractivity contribution in [2.75, 3.05) is 13.1 Å². The molecule has 1 fully saturated rings. The van der Waals surface area contributed by atoms with Crippen molar-refractivity contribution in [1.82, 2.24) is 4.90 Å². The number of piperidine rings is 1. The Bertz CT molecular complexity index is 162. The second kappa shape index (κ2) is 4.86. The van der Waals surface area contributed by atoms with Crippen LogP contribution in [-0.4, -0.2) is 23.5 Å². The molecule has 1 nitrogen and oxygen atoms in total. The fourth-order valence-electron chi connectivity index (χ4n) is 2.29. The third-order valence-corrected chi connectivity index (χ3v) is 3.59. The van der Waals surface area contributed by atoms with Crippen LogP contribution in [0, 0.1) is 11.3 Å². The maximum absolute atomic E-state index is 2.65. The Hall–Kier alpha value is -0.0400. The molecule has 0 aliphatic carbocycles. The van der Waals surface area contributed by atoms with E-state index in [4.69, 9.17) is 0 Å². The zero-order valence-corrected chi connectivity index (χ0v) is 10.9. The highest BCUT2D eigenvalue weighted by Gasteiger charge is 2.33. The van der Waals surface area contributed by atoms with Gasteiger partial charge in [-0.25, -0.2) is 0 Å². The summed E-state index contributed by atoms with van der Waals surface area (Å²) < 4.78 is 0. The quantitative estimate of drug-likeness (QED) is 0.583. The molecule has 0 bridgehead atoms. The molecular weight excluding hydrogens is 182 g/mol. The molecule has 1 unspecified atom stereocenters. The normalized spacial score (nSPS) is 24.8. The Labute approximate surface area is 97.2 Å². The van der Waals surface area contributed by atoms with Crippen LogP contribution in [0.4, 0.5) is 0 Å². The second-order valence-corrected chi connectivity index (χ2v) is 6.82. The highest BCUT2D eigenvalue weighted by Crippen LogP contribution is 2.35. The van der Waals surface area contributed by atoms with E-state index < -0.39 is 0 Å². The van der Waals surface area contributed by atoms with Gasteiger partial charge in [0.1, 0.15) is 0 Å². The van der Waals surface area contributed by atoms with Crippen molar-refractivity contribution >= 4 is 0 Å². The van der Waals surface area contributed by atoms with Gasteiger partial charge in [-0.3, -0.25) is 4.90 Å². The predicted octanol–water partition coefficient (Wildman–Crippen LogP) is 4.18. The van der Waals surface area contributed by atoms with Gasteiger partial charge in [0, 0.05) is 12.1 Å². The minimum absolute atomic E-state index is 0. The summed E-state index contributed by atoms with van der Waals surface area (Å²) in [5, 5.41) is 0. The van der Waals surface area contributed by atoms with Crippen molar-refractivity contribution in [3.8, 4) is 0 Å². The minimum atomic E-state index is 0. The SMILES string of the molecule is C.CC(C)(C)C1CCCN(C(C)(C)C)C1. The van der Waals surface area contributed by atoms with Crippen LogP contribution < -0.4 is 0 Å². The first-order chi connectivity index (χ1) is 6.21. The van der Waals surface area contributed by atoms with Crippen LogP contribution in [0.3, 0.4) is 0 Å². The van der Waals surface area contributed by atoms with Gasteiger partial charge >= 0.3 is 0 Å². The van der Waals surface area contributed by atoms with E-state index >= 15 is 0 Å². The number of hydrogen-bond donors (Lipinski definition) is 0. The Balaban J connectivity index is 0.00000196. The molecular formula is C14H31N. The average Bonchev–Trinajstić information content (AvgIpc) is 2.01. The van der Waals surface area contributed by atoms with Crippen molar-refractivity contribution in [2.45, 2.75) is 67.3 Å². The molecule has 0 aromatic heterocycles. The molecule has 1 aliphatic rings. The molecule has 1 heteroatoms. The lowest BCUT2D eigenvalue weighted by Crippen LogP contribution is -2.49. The highest BCUT2D eigenvalue weighted by atomic mass is 15.2. The van der Waals surface area contributed by atoms with E-state index in [2.05, 4.69) is 46.4 Å². The van der Waals surface area contributed by atoms with Gasteiger partial charge in [0.25, 0.3) is 0 Å². The van der Waals surface area contributed by atoms with Crippen LogP contribution in [0.5, 0.6) is 0 Å². The standard InChI is InChI=1S/C13H27N.CH4/c1-12(2,3)11-8-7-9-14(10-11)13(4,5)6;/h11H,7-10H2,1-6H3;1H4. The van der Waals surface area contributed by atoms with Gasteiger partial charge in [-0.2, -0.15) is 0 Å². The molecule has 0 aromatic rings. The van der Waals surface area contributed by atoms with Gasteiger partial charge in [-0.05, 0) is 51.5 Å². The first kappa shape index (κ1) is 15.0. The van der Waals surface area contributed by atoms with Gasteiger partial charge in [-0.15, -0.1) is 0 Å². The Morgan fingerprint density at radius 3 is 1.93 bits per heavy atom. The van der Waals surface area contributed by atoms with Crippen molar-refractivity contribution in [3.05, 3.63) is 0 Å². The fourth-order valence-corrected chi connectivity index (χ4v) is 2.29. The van der Waals surface area contributed by atoms with E-state index in [0.717, 1.165) is 5.92 Å². The van der Waals surface area contributed by atoms with Crippen LogP contribution in [0.25, 0.3) is 0 Å². The lowest BCUT2D eigenvalue weighted by Gasteiger charge is -2.45. The third kappa shape index (κ3) is 4.14. The number of nitrogens with zero attached hydrogens (tertiary/aromatic N) is 1. The van der Waals surface area contributed by atoms with Crippen molar-refractivity contribution in [1.29, 1.82) is 0 Å². The molecule has 1 aliphatic heterocycles. The van der Waals surface area contributed by atoms with E-state index in [1.54, 1.807) is 0 Å². The summed E-state index contributed by atoms with van der Waals surface area (Å²) in [4.78, 5) is 2.65. The molecule has 0 radical (unpaired) electrons. The average molecular weight is 213 g/mol. The summed E-state index contributed by atoms with van der Waals surface area (Å²) in [7, 11) is 0. The molecule has 15 heavy (non-hydrogen) atoms. The predicted molar refractivity (Wildman–Crippen MR) is 70.2 cm³/mol. The van der Waals surface area contributed by atoms with Gasteiger partial charge in [0.05, 0.1) is 0 Å². The zero-order chi connectivity index (χ0) is 11.0. The molecule has 1 heterocycles. The molecule has 0 aromatic carbocycles. The summed E-state index contributed by atoms with van der Waals surface area (Å²) in [6.45, 7) is 16.7. The first-order valence-corrected chi connectivity index (χ1v) is 5.96. The topological polar surface area (TPSA) is 3.24 Å². The number of likely N-dealkylation sites (tertiary alicyclic amines) is 1. The van der Waals surface area contributed by atoms with Crippen LogP contribution in [0.1, 0.15) is 61.8 Å². The van der Waals surface area contributed by atoms with Gasteiger partial charge in [0.15, 0.2) is 0 Å². The minimum Gasteiger partial charge on any atom is -0.298 e. The van der Waals surface area contributed by atoms with E-state index in [1.165, 1.54) is 25.9 Å². The molecule has 92 valence electrons. The molecule has 0 amide bonds. The van der Waals surface area contributed by atoms with E-state index in [-0.39, 0.29) is 7.43 Å². The van der Waals surface area contributed by atoms with E-state index in [1.807, 2.05) is 0 Å². The molecule has 1 saturated heterocycles. The first-order valence-electron chi connectivity index (χ1n) is 5.96. The molecule has 1 atom stereocenters. The monoisotopic (exact) mass is 213 g/mol. The summed E-state index contributed by atoms with van der Waals surface area (Å²) in [5.41, 5.74) is 0.827. The summed E-state index contributed by atoms with van der Waals surface area (Å²) >= 11 is 0. The van der Waals surface area contributed by atoms with Crippen LogP contribution >= 0.6 is 0 Å².